The first kappa shape index (κ1) is 20.0. The van der Waals surface area contributed by atoms with Crippen LogP contribution >= 0.6 is 0 Å². The highest BCUT2D eigenvalue weighted by molar-refractivity contribution is 5.94. The van der Waals surface area contributed by atoms with E-state index in [4.69, 9.17) is 4.74 Å². The maximum absolute atomic E-state index is 12.0. The molecule has 0 heterocycles. The monoisotopic (exact) mass is 369 g/mol. The van der Waals surface area contributed by atoms with Gasteiger partial charge in [-0.1, -0.05) is 12.1 Å². The van der Waals surface area contributed by atoms with Gasteiger partial charge in [-0.2, -0.15) is 5.10 Å². The molecule has 142 valence electrons. The van der Waals surface area contributed by atoms with Crippen molar-refractivity contribution in [2.75, 3.05) is 12.4 Å². The molecule has 2 aromatic rings. The van der Waals surface area contributed by atoms with E-state index in [-0.39, 0.29) is 30.4 Å². The third-order valence-electron chi connectivity index (χ3n) is 3.85. The van der Waals surface area contributed by atoms with Crippen molar-refractivity contribution in [3.05, 3.63) is 53.1 Å². The van der Waals surface area contributed by atoms with Gasteiger partial charge in [-0.15, -0.1) is 0 Å². The Morgan fingerprint density at radius 2 is 1.85 bits per heavy atom. The molecule has 27 heavy (non-hydrogen) atoms. The van der Waals surface area contributed by atoms with Crippen LogP contribution in [0.15, 0.2) is 41.5 Å². The Hall–Kier alpha value is -3.35. The van der Waals surface area contributed by atoms with E-state index in [9.17, 15) is 14.7 Å². The van der Waals surface area contributed by atoms with Gasteiger partial charge in [-0.3, -0.25) is 9.59 Å². The van der Waals surface area contributed by atoms with E-state index in [0.717, 1.165) is 16.8 Å². The average Bonchev–Trinajstić information content (AvgIpc) is 2.64. The number of phenols is 1. The minimum absolute atomic E-state index is 0.0208. The van der Waals surface area contributed by atoms with Crippen molar-refractivity contribution in [3.63, 3.8) is 0 Å². The van der Waals surface area contributed by atoms with E-state index < -0.39 is 0 Å². The van der Waals surface area contributed by atoms with Crippen LogP contribution in [0.5, 0.6) is 11.5 Å². The molecule has 0 atom stereocenters. The van der Waals surface area contributed by atoms with Crippen LogP contribution in [0.2, 0.25) is 0 Å². The first-order valence-electron chi connectivity index (χ1n) is 8.45. The smallest absolute Gasteiger partial charge is 0.240 e. The van der Waals surface area contributed by atoms with Crippen LogP contribution in [0.1, 0.15) is 29.5 Å². The van der Waals surface area contributed by atoms with E-state index in [1.807, 2.05) is 32.0 Å². The largest absolute Gasteiger partial charge is 0.504 e. The number of anilines is 1. The van der Waals surface area contributed by atoms with Crippen molar-refractivity contribution in [1.82, 2.24) is 5.43 Å². The fourth-order valence-corrected chi connectivity index (χ4v) is 2.32. The molecule has 0 bridgehead atoms. The summed E-state index contributed by atoms with van der Waals surface area (Å²) in [6.45, 7) is 3.86. The minimum Gasteiger partial charge on any atom is -0.504 e. The van der Waals surface area contributed by atoms with E-state index in [1.165, 1.54) is 19.4 Å². The van der Waals surface area contributed by atoms with Gasteiger partial charge in [0.15, 0.2) is 11.5 Å². The number of nitrogens with zero attached hydrogens (tertiary/aromatic N) is 1. The Morgan fingerprint density at radius 3 is 2.59 bits per heavy atom. The Bertz CT molecular complexity index is 862. The van der Waals surface area contributed by atoms with Crippen LogP contribution in [0, 0.1) is 13.8 Å². The molecule has 0 spiro atoms. The number of rotatable bonds is 7. The van der Waals surface area contributed by atoms with E-state index >= 15 is 0 Å². The number of hydrogen-bond donors (Lipinski definition) is 3. The molecule has 0 aliphatic carbocycles. The van der Waals surface area contributed by atoms with Crippen molar-refractivity contribution in [2.24, 2.45) is 5.10 Å². The molecule has 2 rings (SSSR count). The van der Waals surface area contributed by atoms with Crippen molar-refractivity contribution >= 4 is 23.7 Å². The van der Waals surface area contributed by atoms with Crippen molar-refractivity contribution in [3.8, 4) is 11.5 Å². The second-order valence-electron chi connectivity index (χ2n) is 6.09. The zero-order chi connectivity index (χ0) is 19.8. The number of carbonyl (C=O) groups is 2. The molecular weight excluding hydrogens is 346 g/mol. The zero-order valence-corrected chi connectivity index (χ0v) is 15.6. The molecule has 0 aliphatic heterocycles. The Kier molecular flexibility index (Phi) is 6.93. The van der Waals surface area contributed by atoms with Crippen LogP contribution in [0.3, 0.4) is 0 Å². The number of phenolic OH excluding ortho intramolecular Hbond substituents is 1. The van der Waals surface area contributed by atoms with Gasteiger partial charge in [-0.25, -0.2) is 5.43 Å². The topological polar surface area (TPSA) is 100 Å². The third kappa shape index (κ3) is 6.14. The van der Waals surface area contributed by atoms with Crippen molar-refractivity contribution in [2.45, 2.75) is 26.7 Å². The second kappa shape index (κ2) is 9.38. The summed E-state index contributed by atoms with van der Waals surface area (Å²) in [5, 5.41) is 16.2. The standard InChI is InChI=1S/C20H23N3O4/c1-13-4-5-14(2)16(10-13)22-19(25)8-9-20(26)23-21-12-15-6-7-17(24)18(11-15)27-3/h4-7,10-12,24H,8-9H2,1-3H3,(H,22,25)(H,23,26). The number of carbonyl (C=O) groups excluding carboxylic acids is 2. The predicted octanol–water partition coefficient (Wildman–Crippen LogP) is 2.89. The molecule has 0 saturated carbocycles. The molecule has 0 unspecified atom stereocenters. The number of aromatic hydroxyl groups is 1. The number of benzene rings is 2. The van der Waals surface area contributed by atoms with Gasteiger partial charge < -0.3 is 15.2 Å². The summed E-state index contributed by atoms with van der Waals surface area (Å²) >= 11 is 0. The lowest BCUT2D eigenvalue weighted by atomic mass is 10.1. The molecule has 0 fully saturated rings. The van der Waals surface area contributed by atoms with Gasteiger partial charge in [0, 0.05) is 18.5 Å². The number of nitrogens with one attached hydrogen (secondary N) is 2. The van der Waals surface area contributed by atoms with Crippen LogP contribution in [0.4, 0.5) is 5.69 Å². The highest BCUT2D eigenvalue weighted by atomic mass is 16.5. The fraction of sp³-hybridized carbons (Fsp3) is 0.250. The lowest BCUT2D eigenvalue weighted by Crippen LogP contribution is -2.20. The summed E-state index contributed by atoms with van der Waals surface area (Å²) in [7, 11) is 1.45. The van der Waals surface area contributed by atoms with Gasteiger partial charge in [0.2, 0.25) is 11.8 Å². The van der Waals surface area contributed by atoms with Crippen LogP contribution < -0.4 is 15.5 Å². The zero-order valence-electron chi connectivity index (χ0n) is 15.6. The highest BCUT2D eigenvalue weighted by Gasteiger charge is 2.08. The number of methoxy groups -OCH3 is 1. The van der Waals surface area contributed by atoms with E-state index in [1.54, 1.807) is 12.1 Å². The average molecular weight is 369 g/mol. The van der Waals surface area contributed by atoms with Gasteiger partial charge >= 0.3 is 0 Å². The Balaban J connectivity index is 1.80. The summed E-state index contributed by atoms with van der Waals surface area (Å²) in [6.07, 6.45) is 1.50. The summed E-state index contributed by atoms with van der Waals surface area (Å²) < 4.78 is 5.00. The Morgan fingerprint density at radius 1 is 1.11 bits per heavy atom. The van der Waals surface area contributed by atoms with Crippen LogP contribution in [0.25, 0.3) is 0 Å². The molecule has 0 radical (unpaired) electrons. The van der Waals surface area contributed by atoms with Crippen LogP contribution in [-0.4, -0.2) is 30.2 Å². The highest BCUT2D eigenvalue weighted by Crippen LogP contribution is 2.25. The summed E-state index contributed by atoms with van der Waals surface area (Å²) in [4.78, 5) is 23.8. The Labute approximate surface area is 158 Å². The molecule has 2 aromatic carbocycles. The lowest BCUT2D eigenvalue weighted by Gasteiger charge is -2.09. The fourth-order valence-electron chi connectivity index (χ4n) is 2.32. The molecule has 7 nitrogen and oxygen atoms in total. The molecular formula is C20H23N3O4. The number of hydrogen-bond acceptors (Lipinski definition) is 5. The number of aryl methyl sites for hydroxylation is 2. The summed E-state index contributed by atoms with van der Waals surface area (Å²) in [5.74, 6) is -0.263. The second-order valence-corrected chi connectivity index (χ2v) is 6.09. The first-order valence-corrected chi connectivity index (χ1v) is 8.45. The van der Waals surface area contributed by atoms with E-state index in [0.29, 0.717) is 11.3 Å². The maximum Gasteiger partial charge on any atom is 0.240 e. The molecule has 7 heteroatoms. The lowest BCUT2D eigenvalue weighted by molar-refractivity contribution is -0.124. The molecule has 0 saturated heterocycles. The quantitative estimate of drug-likeness (QED) is 0.516. The number of amides is 2. The SMILES string of the molecule is COc1cc(C=NNC(=O)CCC(=O)Nc2cc(C)ccc2C)ccc1O. The minimum atomic E-state index is -0.367. The summed E-state index contributed by atoms with van der Waals surface area (Å²) in [6, 6.07) is 10.5. The van der Waals surface area contributed by atoms with E-state index in [2.05, 4.69) is 15.8 Å². The molecule has 0 aliphatic rings. The van der Waals surface area contributed by atoms with Crippen molar-refractivity contribution in [1.29, 1.82) is 0 Å². The molecule has 2 amide bonds. The van der Waals surface area contributed by atoms with Crippen molar-refractivity contribution < 1.29 is 19.4 Å². The number of ether oxygens (including phenoxy) is 1. The van der Waals surface area contributed by atoms with Crippen LogP contribution in [-0.2, 0) is 9.59 Å². The molecule has 3 N–H and O–H groups in total. The predicted molar refractivity (Wildman–Crippen MR) is 104 cm³/mol. The number of hydrazone groups is 1. The first-order chi connectivity index (χ1) is 12.9. The van der Waals surface area contributed by atoms with Gasteiger partial charge in [0.1, 0.15) is 0 Å². The normalized spacial score (nSPS) is 10.6. The molecule has 0 aromatic heterocycles. The maximum atomic E-state index is 12.0. The van der Waals surface area contributed by atoms with Gasteiger partial charge in [0.25, 0.3) is 0 Å². The third-order valence-corrected chi connectivity index (χ3v) is 3.85. The van der Waals surface area contributed by atoms with Gasteiger partial charge in [-0.05, 0) is 54.8 Å². The van der Waals surface area contributed by atoms with Gasteiger partial charge in [0.05, 0.1) is 13.3 Å². The summed E-state index contributed by atoms with van der Waals surface area (Å²) in [5.41, 5.74) is 5.79.